The van der Waals surface area contributed by atoms with Crippen molar-refractivity contribution in [2.45, 2.75) is 84.3 Å². The largest absolute Gasteiger partial charge is 0.495 e. The van der Waals surface area contributed by atoms with Gasteiger partial charge >= 0.3 is 0 Å². The fourth-order valence-corrected chi connectivity index (χ4v) is 6.92. The first kappa shape index (κ1) is 28.3. The molecule has 0 aromatic rings. The number of halogens is 1. The zero-order valence-corrected chi connectivity index (χ0v) is 24.1. The Bertz CT molecular complexity index is 989. The van der Waals surface area contributed by atoms with Crippen LogP contribution in [-0.4, -0.2) is 47.9 Å². The molecule has 0 bridgehead atoms. The Morgan fingerprint density at radius 2 is 2.11 bits per heavy atom. The highest BCUT2D eigenvalue weighted by Gasteiger charge is 2.38. The van der Waals surface area contributed by atoms with E-state index in [0.717, 1.165) is 80.9 Å². The number of fused-ring (bicyclic) bond motifs is 1. The summed E-state index contributed by atoms with van der Waals surface area (Å²) in [5.41, 5.74) is 3.12. The molecule has 5 heteroatoms. The minimum atomic E-state index is -0.806. The molecule has 3 aliphatic heterocycles. The van der Waals surface area contributed by atoms with Crippen LogP contribution in [0.4, 0.5) is 0 Å². The second-order valence-corrected chi connectivity index (χ2v) is 12.5. The summed E-state index contributed by atoms with van der Waals surface area (Å²) >= 11 is 6.65. The van der Waals surface area contributed by atoms with Crippen LogP contribution in [0.15, 0.2) is 70.7 Å². The van der Waals surface area contributed by atoms with Crippen LogP contribution in [0.2, 0.25) is 0 Å². The van der Waals surface area contributed by atoms with Crippen molar-refractivity contribution < 1.29 is 9.84 Å². The number of hydrogen-bond acceptors (Lipinski definition) is 4. The van der Waals surface area contributed by atoms with Crippen molar-refractivity contribution in [2.75, 3.05) is 26.2 Å². The molecule has 3 unspecified atom stereocenters. The number of aliphatic hydroxyl groups is 1. The van der Waals surface area contributed by atoms with E-state index in [-0.39, 0.29) is 11.5 Å². The molecule has 204 valence electrons. The Labute approximate surface area is 229 Å². The lowest BCUT2D eigenvalue weighted by Gasteiger charge is -2.44. The maximum Gasteiger partial charge on any atom is 0.108 e. The van der Waals surface area contributed by atoms with Gasteiger partial charge in [0.1, 0.15) is 12.4 Å². The zero-order chi connectivity index (χ0) is 26.6. The smallest absolute Gasteiger partial charge is 0.108 e. The van der Waals surface area contributed by atoms with Crippen LogP contribution < -0.4 is 5.32 Å². The van der Waals surface area contributed by atoms with Crippen molar-refractivity contribution in [3.63, 3.8) is 0 Å². The van der Waals surface area contributed by atoms with E-state index in [1.807, 2.05) is 26.8 Å². The predicted octanol–water partition coefficient (Wildman–Crippen LogP) is 7.01. The lowest BCUT2D eigenvalue weighted by Crippen LogP contribution is -2.42. The molecule has 1 fully saturated rings. The number of allylic oxidation sites excluding steroid dienone is 7. The molecule has 2 N–H and O–H groups in total. The van der Waals surface area contributed by atoms with E-state index in [4.69, 9.17) is 16.3 Å². The van der Waals surface area contributed by atoms with Crippen molar-refractivity contribution >= 4 is 11.6 Å². The molecule has 4 aliphatic rings. The first-order chi connectivity index (χ1) is 17.7. The van der Waals surface area contributed by atoms with E-state index >= 15 is 0 Å². The van der Waals surface area contributed by atoms with Gasteiger partial charge in [0.05, 0.1) is 11.6 Å². The molecule has 4 nitrogen and oxygen atoms in total. The molecule has 0 saturated carbocycles. The highest BCUT2D eigenvalue weighted by atomic mass is 35.5. The Morgan fingerprint density at radius 3 is 2.78 bits per heavy atom. The van der Waals surface area contributed by atoms with E-state index in [1.54, 1.807) is 0 Å². The molecule has 0 radical (unpaired) electrons. The van der Waals surface area contributed by atoms with E-state index in [0.29, 0.717) is 18.4 Å². The van der Waals surface area contributed by atoms with Gasteiger partial charge < -0.3 is 20.1 Å². The van der Waals surface area contributed by atoms with Crippen LogP contribution in [0.5, 0.6) is 0 Å². The molecule has 4 rings (SSSR count). The van der Waals surface area contributed by atoms with Gasteiger partial charge in [0, 0.05) is 35.4 Å². The molecule has 0 aromatic carbocycles. The average Bonchev–Trinajstić information content (AvgIpc) is 3.04. The van der Waals surface area contributed by atoms with Crippen LogP contribution in [0, 0.1) is 17.3 Å². The third-order valence-corrected chi connectivity index (χ3v) is 9.62. The number of nitrogens with zero attached hydrogens (tertiary/aromatic N) is 1. The van der Waals surface area contributed by atoms with E-state index in [1.165, 1.54) is 11.1 Å². The third kappa shape index (κ3) is 6.46. The molecule has 0 spiro atoms. The van der Waals surface area contributed by atoms with Gasteiger partial charge in [0.25, 0.3) is 0 Å². The molecule has 1 saturated heterocycles. The standard InChI is InChI=1S/C32H47ClN2O2/c1-6-10-27(28(33)7-2)32(5)15-19-35(20-16-32)18-9-12-24-25-11-8-17-34-29(25)22-37-30-14-13-23(21-26(24)30)31(3,4)36/h6-8,12,17,21,25,27,29,34,36H,1,9-11,13-16,18-20,22H2,2-5H3/b24-12+,28-7+. The maximum absolute atomic E-state index is 10.7. The monoisotopic (exact) mass is 526 g/mol. The fourth-order valence-electron chi connectivity index (χ4n) is 6.57. The van der Waals surface area contributed by atoms with Gasteiger partial charge in [-0.05, 0) is 101 Å². The summed E-state index contributed by atoms with van der Waals surface area (Å²) in [5, 5.41) is 15.3. The van der Waals surface area contributed by atoms with Gasteiger partial charge in [-0.25, -0.2) is 0 Å². The first-order valence-electron chi connectivity index (χ1n) is 14.2. The number of ether oxygens (including phenoxy) is 1. The lowest BCUT2D eigenvalue weighted by molar-refractivity contribution is 0.0824. The lowest BCUT2D eigenvalue weighted by atomic mass is 9.68. The zero-order valence-electron chi connectivity index (χ0n) is 23.4. The topological polar surface area (TPSA) is 44.7 Å². The van der Waals surface area contributed by atoms with Crippen LogP contribution in [0.25, 0.3) is 0 Å². The normalized spacial score (nSPS) is 28.4. The average molecular weight is 527 g/mol. The summed E-state index contributed by atoms with van der Waals surface area (Å²) < 4.78 is 6.34. The summed E-state index contributed by atoms with van der Waals surface area (Å²) in [6.45, 7) is 16.2. The quantitative estimate of drug-likeness (QED) is 0.334. The molecule has 0 amide bonds. The van der Waals surface area contributed by atoms with Crippen LogP contribution in [0.1, 0.15) is 72.6 Å². The van der Waals surface area contributed by atoms with Gasteiger partial charge in [-0.1, -0.05) is 42.8 Å². The summed E-state index contributed by atoms with van der Waals surface area (Å²) in [7, 11) is 0. The highest BCUT2D eigenvalue weighted by molar-refractivity contribution is 6.29. The molecule has 0 aromatic heterocycles. The number of likely N-dealkylation sites (tertiary alicyclic amines) is 1. The van der Waals surface area contributed by atoms with Gasteiger partial charge in [-0.15, -0.1) is 6.58 Å². The molecule has 3 heterocycles. The molecular formula is C32H47ClN2O2. The Kier molecular flexibility index (Phi) is 9.14. The Balaban J connectivity index is 1.48. The number of hydrogen-bond donors (Lipinski definition) is 2. The number of rotatable bonds is 8. The second-order valence-electron chi connectivity index (χ2n) is 12.1. The van der Waals surface area contributed by atoms with Crippen LogP contribution in [-0.2, 0) is 4.74 Å². The van der Waals surface area contributed by atoms with Gasteiger partial charge in [-0.3, -0.25) is 0 Å². The van der Waals surface area contributed by atoms with E-state index in [2.05, 4.69) is 54.2 Å². The summed E-state index contributed by atoms with van der Waals surface area (Å²) in [5.74, 6) is 1.85. The third-order valence-electron chi connectivity index (χ3n) is 9.14. The maximum atomic E-state index is 10.7. The number of nitrogens with one attached hydrogen (secondary N) is 1. The van der Waals surface area contributed by atoms with Gasteiger partial charge in [0.15, 0.2) is 0 Å². The second kappa shape index (κ2) is 12.0. The Hall–Kier alpha value is -1.75. The van der Waals surface area contributed by atoms with Crippen LogP contribution >= 0.6 is 11.6 Å². The van der Waals surface area contributed by atoms with Crippen LogP contribution in [0.3, 0.4) is 0 Å². The minimum Gasteiger partial charge on any atom is -0.495 e. The van der Waals surface area contributed by atoms with Crippen molar-refractivity contribution in [3.8, 4) is 0 Å². The minimum absolute atomic E-state index is 0.221. The van der Waals surface area contributed by atoms with Crippen molar-refractivity contribution in [3.05, 3.63) is 70.7 Å². The predicted molar refractivity (Wildman–Crippen MR) is 155 cm³/mol. The summed E-state index contributed by atoms with van der Waals surface area (Å²) in [6.07, 6.45) is 20.1. The first-order valence-corrected chi connectivity index (χ1v) is 14.6. The van der Waals surface area contributed by atoms with Crippen molar-refractivity contribution in [2.24, 2.45) is 17.3 Å². The Morgan fingerprint density at radius 1 is 1.35 bits per heavy atom. The van der Waals surface area contributed by atoms with E-state index in [9.17, 15) is 5.11 Å². The van der Waals surface area contributed by atoms with Crippen molar-refractivity contribution in [1.29, 1.82) is 0 Å². The molecule has 1 aliphatic carbocycles. The highest BCUT2D eigenvalue weighted by Crippen LogP contribution is 2.45. The SMILES string of the molecule is C=CCC(/C(Cl)=C\C)C1(C)CCN(CC/C=C2/C3=C(CCC(C(C)(C)O)=C3)OCC3NC=CCC23)CC1. The van der Waals surface area contributed by atoms with Gasteiger partial charge in [0.2, 0.25) is 0 Å². The van der Waals surface area contributed by atoms with Gasteiger partial charge in [-0.2, -0.15) is 0 Å². The molecule has 3 atom stereocenters. The fraction of sp³-hybridized carbons (Fsp3) is 0.625. The molecule has 37 heavy (non-hydrogen) atoms. The number of piperidine rings is 1. The van der Waals surface area contributed by atoms with E-state index < -0.39 is 5.60 Å². The molecular weight excluding hydrogens is 480 g/mol. The summed E-state index contributed by atoms with van der Waals surface area (Å²) in [6, 6.07) is 0.287. The summed E-state index contributed by atoms with van der Waals surface area (Å²) in [4.78, 5) is 2.62. The van der Waals surface area contributed by atoms with Crippen molar-refractivity contribution in [1.82, 2.24) is 10.2 Å².